The molecule has 3 N–H and O–H groups in total. The molecular weight excluding hydrogens is 284 g/mol. The molecule has 7 heteroatoms. The molecule has 6 nitrogen and oxygen atoms in total. The van der Waals surface area contributed by atoms with Crippen molar-refractivity contribution in [3.05, 3.63) is 23.2 Å². The first-order valence-corrected chi connectivity index (χ1v) is 6.51. The number of anilines is 1. The van der Waals surface area contributed by atoms with Crippen LogP contribution in [0, 0.1) is 0 Å². The van der Waals surface area contributed by atoms with Crippen LogP contribution in [0.4, 0.5) is 10.5 Å². The lowest BCUT2D eigenvalue weighted by Crippen LogP contribution is -2.29. The van der Waals surface area contributed by atoms with Gasteiger partial charge in [0.15, 0.2) is 0 Å². The van der Waals surface area contributed by atoms with E-state index in [1.54, 1.807) is 18.2 Å². The van der Waals surface area contributed by atoms with Crippen molar-refractivity contribution in [2.75, 3.05) is 19.0 Å². The van der Waals surface area contributed by atoms with Crippen LogP contribution in [0.3, 0.4) is 0 Å². The van der Waals surface area contributed by atoms with Gasteiger partial charge in [-0.05, 0) is 31.0 Å². The molecule has 0 unspecified atom stereocenters. The molecule has 0 fully saturated rings. The van der Waals surface area contributed by atoms with E-state index in [4.69, 9.17) is 21.4 Å². The third-order valence-electron chi connectivity index (χ3n) is 2.51. The predicted molar refractivity (Wildman–Crippen MR) is 76.5 cm³/mol. The molecular formula is C13H17ClN2O4. The third-order valence-corrected chi connectivity index (χ3v) is 2.75. The van der Waals surface area contributed by atoms with Crippen LogP contribution in [0.25, 0.3) is 0 Å². The van der Waals surface area contributed by atoms with E-state index >= 15 is 0 Å². The molecule has 2 amide bonds. The van der Waals surface area contributed by atoms with Gasteiger partial charge in [0.1, 0.15) is 5.75 Å². The first-order valence-electron chi connectivity index (χ1n) is 6.13. The largest absolute Gasteiger partial charge is 0.495 e. The maximum atomic E-state index is 11.7. The molecule has 0 heterocycles. The predicted octanol–water partition coefficient (Wildman–Crippen LogP) is 2.73. The number of methoxy groups -OCH3 is 1. The number of nitrogens with one attached hydrogen (secondary N) is 2. The number of aliphatic carboxylic acids is 1. The molecule has 0 saturated carbocycles. The summed E-state index contributed by atoms with van der Waals surface area (Å²) in [7, 11) is 1.50. The van der Waals surface area contributed by atoms with Crippen molar-refractivity contribution in [1.82, 2.24) is 5.32 Å². The number of hydrogen-bond acceptors (Lipinski definition) is 3. The third kappa shape index (κ3) is 5.79. The van der Waals surface area contributed by atoms with Crippen LogP contribution < -0.4 is 15.4 Å². The molecule has 0 bridgehead atoms. The van der Waals surface area contributed by atoms with Gasteiger partial charge in [0.25, 0.3) is 0 Å². The zero-order valence-corrected chi connectivity index (χ0v) is 11.9. The number of urea groups is 1. The highest BCUT2D eigenvalue weighted by Crippen LogP contribution is 2.27. The summed E-state index contributed by atoms with van der Waals surface area (Å²) in [5.41, 5.74) is 0.475. The quantitative estimate of drug-likeness (QED) is 0.676. The van der Waals surface area contributed by atoms with Crippen LogP contribution in [0.5, 0.6) is 5.75 Å². The summed E-state index contributed by atoms with van der Waals surface area (Å²) >= 11 is 5.85. The van der Waals surface area contributed by atoms with Crippen molar-refractivity contribution in [3.63, 3.8) is 0 Å². The highest BCUT2D eigenvalue weighted by Gasteiger charge is 2.07. The van der Waals surface area contributed by atoms with Gasteiger partial charge >= 0.3 is 12.0 Å². The minimum absolute atomic E-state index is 0.103. The van der Waals surface area contributed by atoms with Crippen molar-refractivity contribution in [3.8, 4) is 5.75 Å². The Kier molecular flexibility index (Phi) is 6.66. The number of carbonyl (C=O) groups excluding carboxylic acids is 1. The average Bonchev–Trinajstić information content (AvgIpc) is 2.38. The van der Waals surface area contributed by atoms with Gasteiger partial charge in [-0.3, -0.25) is 4.79 Å². The van der Waals surface area contributed by atoms with E-state index in [0.29, 0.717) is 35.8 Å². The number of hydrogen-bond donors (Lipinski definition) is 3. The van der Waals surface area contributed by atoms with Crippen LogP contribution in [-0.2, 0) is 4.79 Å². The molecule has 0 spiro atoms. The molecule has 0 atom stereocenters. The first kappa shape index (κ1) is 16.1. The highest BCUT2D eigenvalue weighted by molar-refractivity contribution is 6.31. The molecule has 110 valence electrons. The lowest BCUT2D eigenvalue weighted by Gasteiger charge is -2.11. The van der Waals surface area contributed by atoms with Gasteiger partial charge in [0.2, 0.25) is 0 Å². The van der Waals surface area contributed by atoms with Crippen molar-refractivity contribution in [1.29, 1.82) is 0 Å². The lowest BCUT2D eigenvalue weighted by molar-refractivity contribution is -0.137. The maximum absolute atomic E-state index is 11.7. The Bertz CT molecular complexity index is 479. The Morgan fingerprint density at radius 1 is 1.35 bits per heavy atom. The standard InChI is InChI=1S/C13H17ClN2O4/c1-20-11-6-5-9(14)8-10(11)16-13(19)15-7-3-2-4-12(17)18/h5-6,8H,2-4,7H2,1H3,(H,17,18)(H2,15,16,19). The Morgan fingerprint density at radius 2 is 2.10 bits per heavy atom. The number of rotatable bonds is 7. The van der Waals surface area contributed by atoms with Crippen molar-refractivity contribution in [2.45, 2.75) is 19.3 Å². The molecule has 1 aromatic carbocycles. The summed E-state index contributed by atoms with van der Waals surface area (Å²) in [6.45, 7) is 0.405. The number of carboxylic acids is 1. The lowest BCUT2D eigenvalue weighted by atomic mass is 10.2. The molecule has 1 rings (SSSR count). The minimum atomic E-state index is -0.835. The average molecular weight is 301 g/mol. The fourth-order valence-electron chi connectivity index (χ4n) is 1.55. The van der Waals surface area contributed by atoms with Gasteiger partial charge in [-0.1, -0.05) is 11.6 Å². The number of carbonyl (C=O) groups is 2. The fourth-order valence-corrected chi connectivity index (χ4v) is 1.72. The number of amides is 2. The summed E-state index contributed by atoms with van der Waals surface area (Å²) in [6.07, 6.45) is 1.23. The first-order chi connectivity index (χ1) is 9.52. The SMILES string of the molecule is COc1ccc(Cl)cc1NC(=O)NCCCCC(=O)O. The van der Waals surface area contributed by atoms with Crippen molar-refractivity contribution < 1.29 is 19.4 Å². The summed E-state index contributed by atoms with van der Waals surface area (Å²) in [6, 6.07) is 4.52. The Labute approximate surface area is 122 Å². The smallest absolute Gasteiger partial charge is 0.319 e. The molecule has 1 aromatic rings. The Hall–Kier alpha value is -1.95. The second kappa shape index (κ2) is 8.27. The van der Waals surface area contributed by atoms with E-state index in [0.717, 1.165) is 0 Å². The molecule has 0 aliphatic rings. The van der Waals surface area contributed by atoms with Crippen LogP contribution in [0.15, 0.2) is 18.2 Å². The normalized spacial score (nSPS) is 9.90. The monoisotopic (exact) mass is 300 g/mol. The van der Waals surface area contributed by atoms with Gasteiger partial charge in [0, 0.05) is 18.0 Å². The zero-order valence-electron chi connectivity index (χ0n) is 11.1. The summed E-state index contributed by atoms with van der Waals surface area (Å²) in [5, 5.41) is 14.2. The molecule has 0 saturated heterocycles. The zero-order chi connectivity index (χ0) is 15.0. The number of halogens is 1. The fraction of sp³-hybridized carbons (Fsp3) is 0.385. The number of carboxylic acid groups (broad SMARTS) is 1. The van der Waals surface area contributed by atoms with Crippen LogP contribution in [-0.4, -0.2) is 30.8 Å². The summed E-state index contributed by atoms with van der Waals surface area (Å²) < 4.78 is 5.10. The highest BCUT2D eigenvalue weighted by atomic mass is 35.5. The molecule has 0 aromatic heterocycles. The second-order valence-electron chi connectivity index (χ2n) is 4.08. The van der Waals surface area contributed by atoms with Crippen molar-refractivity contribution >= 4 is 29.3 Å². The molecule has 20 heavy (non-hydrogen) atoms. The van der Waals surface area contributed by atoms with E-state index in [2.05, 4.69) is 10.6 Å². The van der Waals surface area contributed by atoms with Crippen LogP contribution >= 0.6 is 11.6 Å². The maximum Gasteiger partial charge on any atom is 0.319 e. The van der Waals surface area contributed by atoms with Crippen molar-refractivity contribution in [2.24, 2.45) is 0 Å². The number of benzene rings is 1. The topological polar surface area (TPSA) is 87.7 Å². The van der Waals surface area contributed by atoms with E-state index in [1.807, 2.05) is 0 Å². The Balaban J connectivity index is 2.38. The summed E-state index contributed by atoms with van der Waals surface area (Å²) in [4.78, 5) is 22.0. The molecule has 0 aliphatic heterocycles. The minimum Gasteiger partial charge on any atom is -0.495 e. The Morgan fingerprint density at radius 3 is 2.75 bits per heavy atom. The van der Waals surface area contributed by atoms with Gasteiger partial charge in [-0.2, -0.15) is 0 Å². The number of ether oxygens (including phenoxy) is 1. The van der Waals surface area contributed by atoms with E-state index in [9.17, 15) is 9.59 Å². The molecule has 0 radical (unpaired) electrons. The second-order valence-corrected chi connectivity index (χ2v) is 4.51. The van der Waals surface area contributed by atoms with E-state index < -0.39 is 5.97 Å². The van der Waals surface area contributed by atoms with Gasteiger partial charge < -0.3 is 20.5 Å². The number of unbranched alkanes of at least 4 members (excludes halogenated alkanes) is 1. The van der Waals surface area contributed by atoms with E-state index in [-0.39, 0.29) is 12.5 Å². The van der Waals surface area contributed by atoms with Crippen LogP contribution in [0.1, 0.15) is 19.3 Å². The van der Waals surface area contributed by atoms with Gasteiger partial charge in [-0.25, -0.2) is 4.79 Å². The van der Waals surface area contributed by atoms with Gasteiger partial charge in [-0.15, -0.1) is 0 Å². The van der Waals surface area contributed by atoms with E-state index in [1.165, 1.54) is 7.11 Å². The van der Waals surface area contributed by atoms with Gasteiger partial charge in [0.05, 0.1) is 12.8 Å². The molecule has 0 aliphatic carbocycles. The summed E-state index contributed by atoms with van der Waals surface area (Å²) in [5.74, 6) is -0.325. The van der Waals surface area contributed by atoms with Crippen LogP contribution in [0.2, 0.25) is 5.02 Å².